The number of nitrogens with two attached hydrogens (primary N) is 1. The van der Waals surface area contributed by atoms with E-state index in [0.717, 1.165) is 13.1 Å². The molecule has 0 saturated carbocycles. The van der Waals surface area contributed by atoms with E-state index in [1.807, 2.05) is 18.2 Å². The molecule has 1 aromatic heterocycles. The van der Waals surface area contributed by atoms with Gasteiger partial charge in [-0.3, -0.25) is 14.4 Å². The fourth-order valence-electron chi connectivity index (χ4n) is 3.11. The van der Waals surface area contributed by atoms with Gasteiger partial charge in [-0.05, 0) is 5.56 Å². The number of benzene rings is 1. The smallest absolute Gasteiger partial charge is 0.276 e. The second-order valence-electron chi connectivity index (χ2n) is 6.21. The third-order valence-corrected chi connectivity index (χ3v) is 4.40. The van der Waals surface area contributed by atoms with Crippen LogP contribution < -0.4 is 5.73 Å². The lowest BCUT2D eigenvalue weighted by molar-refractivity contribution is 0.0277. The molecule has 1 atom stereocenters. The lowest BCUT2D eigenvalue weighted by atomic mass is 10.1. The quantitative estimate of drug-likeness (QED) is 0.737. The van der Waals surface area contributed by atoms with Gasteiger partial charge in [0.2, 0.25) is 0 Å². The summed E-state index contributed by atoms with van der Waals surface area (Å²) in [4.78, 5) is 16.6. The van der Waals surface area contributed by atoms with E-state index in [9.17, 15) is 9.90 Å². The molecule has 1 unspecified atom stereocenters. The van der Waals surface area contributed by atoms with Crippen molar-refractivity contribution in [2.75, 3.05) is 32.8 Å². The maximum Gasteiger partial charge on any atom is 0.276 e. The highest BCUT2D eigenvalue weighted by molar-refractivity contribution is 5.92. The van der Waals surface area contributed by atoms with Gasteiger partial charge >= 0.3 is 0 Å². The van der Waals surface area contributed by atoms with Crippen molar-refractivity contribution in [3.63, 3.8) is 0 Å². The Bertz CT molecular complexity index is 689. The van der Waals surface area contributed by atoms with E-state index in [1.165, 1.54) is 5.56 Å². The summed E-state index contributed by atoms with van der Waals surface area (Å²) in [5.41, 5.74) is 7.01. The Labute approximate surface area is 146 Å². The number of hydrogen-bond donors (Lipinski definition) is 2. The van der Waals surface area contributed by atoms with Crippen molar-refractivity contribution in [3.05, 3.63) is 47.8 Å². The second kappa shape index (κ2) is 8.19. The van der Waals surface area contributed by atoms with Gasteiger partial charge in [-0.15, -0.1) is 5.10 Å². The van der Waals surface area contributed by atoms with E-state index in [0.29, 0.717) is 31.9 Å². The van der Waals surface area contributed by atoms with E-state index in [4.69, 9.17) is 5.73 Å². The molecule has 3 rings (SSSR count). The number of nitrogens with zero attached hydrogens (tertiary/aromatic N) is 5. The molecule has 0 radical (unpaired) electrons. The minimum atomic E-state index is -0.246. The number of aromatic nitrogens is 3. The number of rotatable bonds is 6. The minimum absolute atomic E-state index is 0.0754. The van der Waals surface area contributed by atoms with Gasteiger partial charge in [0.1, 0.15) is 0 Å². The molecule has 1 saturated heterocycles. The van der Waals surface area contributed by atoms with Crippen LogP contribution in [0.25, 0.3) is 0 Å². The Balaban J connectivity index is 1.64. The number of carbonyl (C=O) groups excluding carboxylic acids is 1. The molecule has 0 spiro atoms. The molecule has 1 aliphatic rings. The average Bonchev–Trinajstić information content (AvgIpc) is 3.11. The van der Waals surface area contributed by atoms with E-state index < -0.39 is 0 Å². The highest BCUT2D eigenvalue weighted by Gasteiger charge is 2.31. The standard InChI is InChI=1S/C17H24N6O2/c18-6-7-22-12-16(19-20-22)17(25)23-9-8-21(11-15(23)13-24)10-14-4-2-1-3-5-14/h1-5,12,15,24H,6-11,13,18H2. The maximum absolute atomic E-state index is 12.7. The SMILES string of the molecule is NCCn1cc(C(=O)N2CCN(Cc3ccccc3)CC2CO)nn1. The molecule has 1 amide bonds. The van der Waals surface area contributed by atoms with E-state index in [1.54, 1.807) is 15.8 Å². The number of piperazine rings is 1. The van der Waals surface area contributed by atoms with Gasteiger partial charge in [0.05, 0.1) is 25.4 Å². The molecule has 0 bridgehead atoms. The van der Waals surface area contributed by atoms with Gasteiger partial charge in [0, 0.05) is 32.7 Å². The zero-order valence-electron chi connectivity index (χ0n) is 14.2. The molecule has 8 heteroatoms. The Morgan fingerprint density at radius 3 is 2.80 bits per heavy atom. The second-order valence-corrected chi connectivity index (χ2v) is 6.21. The van der Waals surface area contributed by atoms with Gasteiger partial charge in [0.25, 0.3) is 5.91 Å². The first-order valence-electron chi connectivity index (χ1n) is 8.49. The topological polar surface area (TPSA) is 101 Å². The summed E-state index contributed by atoms with van der Waals surface area (Å²) in [7, 11) is 0. The summed E-state index contributed by atoms with van der Waals surface area (Å²) in [6.45, 7) is 3.64. The van der Waals surface area contributed by atoms with E-state index in [2.05, 4.69) is 27.3 Å². The van der Waals surface area contributed by atoms with E-state index in [-0.39, 0.29) is 18.6 Å². The molecule has 3 N–H and O–H groups in total. The summed E-state index contributed by atoms with van der Waals surface area (Å²) in [5.74, 6) is -0.193. The predicted molar refractivity (Wildman–Crippen MR) is 92.7 cm³/mol. The number of hydrogen-bond acceptors (Lipinski definition) is 6. The average molecular weight is 344 g/mol. The maximum atomic E-state index is 12.7. The van der Waals surface area contributed by atoms with Crippen molar-refractivity contribution in [2.45, 2.75) is 19.1 Å². The lowest BCUT2D eigenvalue weighted by Gasteiger charge is -2.40. The van der Waals surface area contributed by atoms with Crippen molar-refractivity contribution >= 4 is 5.91 Å². The molecular weight excluding hydrogens is 320 g/mol. The van der Waals surface area contributed by atoms with Crippen molar-refractivity contribution in [3.8, 4) is 0 Å². The number of aliphatic hydroxyl groups is 1. The summed E-state index contributed by atoms with van der Waals surface area (Å²) >= 11 is 0. The molecule has 134 valence electrons. The first-order chi connectivity index (χ1) is 12.2. The minimum Gasteiger partial charge on any atom is -0.394 e. The normalized spacial score (nSPS) is 18.5. The van der Waals surface area contributed by atoms with Crippen LogP contribution in [0, 0.1) is 0 Å². The van der Waals surface area contributed by atoms with Crippen LogP contribution in [0.2, 0.25) is 0 Å². The highest BCUT2D eigenvalue weighted by atomic mass is 16.3. The van der Waals surface area contributed by atoms with Crippen molar-refractivity contribution < 1.29 is 9.90 Å². The first kappa shape index (κ1) is 17.5. The fourth-order valence-corrected chi connectivity index (χ4v) is 3.11. The fraction of sp³-hybridized carbons (Fsp3) is 0.471. The zero-order valence-corrected chi connectivity index (χ0v) is 14.2. The molecular formula is C17H24N6O2. The van der Waals surface area contributed by atoms with Gasteiger partial charge < -0.3 is 15.7 Å². The molecule has 1 aliphatic heterocycles. The third kappa shape index (κ3) is 4.22. The summed E-state index contributed by atoms with van der Waals surface area (Å²) in [5, 5.41) is 17.6. The number of carbonyl (C=O) groups is 1. The molecule has 1 fully saturated rings. The molecule has 25 heavy (non-hydrogen) atoms. The molecule has 2 aromatic rings. The Morgan fingerprint density at radius 2 is 2.08 bits per heavy atom. The van der Waals surface area contributed by atoms with Gasteiger partial charge in [-0.2, -0.15) is 0 Å². The van der Waals surface area contributed by atoms with Crippen molar-refractivity contribution in [1.82, 2.24) is 24.8 Å². The van der Waals surface area contributed by atoms with Crippen LogP contribution in [0.15, 0.2) is 36.5 Å². The van der Waals surface area contributed by atoms with Crippen LogP contribution in [-0.4, -0.2) is 74.6 Å². The summed E-state index contributed by atoms with van der Waals surface area (Å²) in [6, 6.07) is 9.95. The van der Waals surface area contributed by atoms with Crippen LogP contribution in [0.5, 0.6) is 0 Å². The summed E-state index contributed by atoms with van der Waals surface area (Å²) < 4.78 is 1.56. The van der Waals surface area contributed by atoms with Crippen LogP contribution in [-0.2, 0) is 13.1 Å². The molecule has 2 heterocycles. The van der Waals surface area contributed by atoms with Crippen molar-refractivity contribution in [2.24, 2.45) is 5.73 Å². The Kier molecular flexibility index (Phi) is 5.75. The molecule has 1 aromatic carbocycles. The van der Waals surface area contributed by atoms with Crippen LogP contribution in [0.4, 0.5) is 0 Å². The Hall–Kier alpha value is -2.29. The Morgan fingerprint density at radius 1 is 1.28 bits per heavy atom. The largest absolute Gasteiger partial charge is 0.394 e. The van der Waals surface area contributed by atoms with Crippen LogP contribution >= 0.6 is 0 Å². The molecule has 0 aliphatic carbocycles. The zero-order chi connectivity index (χ0) is 17.6. The van der Waals surface area contributed by atoms with Crippen LogP contribution in [0.1, 0.15) is 16.1 Å². The lowest BCUT2D eigenvalue weighted by Crippen LogP contribution is -2.56. The number of aliphatic hydroxyl groups excluding tert-OH is 1. The van der Waals surface area contributed by atoms with Gasteiger partial charge in [-0.25, -0.2) is 0 Å². The molecule has 8 nitrogen and oxygen atoms in total. The first-order valence-corrected chi connectivity index (χ1v) is 8.49. The van der Waals surface area contributed by atoms with E-state index >= 15 is 0 Å². The van der Waals surface area contributed by atoms with Crippen LogP contribution in [0.3, 0.4) is 0 Å². The third-order valence-electron chi connectivity index (χ3n) is 4.40. The van der Waals surface area contributed by atoms with Gasteiger partial charge in [0.15, 0.2) is 5.69 Å². The number of amides is 1. The monoisotopic (exact) mass is 344 g/mol. The van der Waals surface area contributed by atoms with Crippen molar-refractivity contribution in [1.29, 1.82) is 0 Å². The highest BCUT2D eigenvalue weighted by Crippen LogP contribution is 2.15. The predicted octanol–water partition coefficient (Wildman–Crippen LogP) is -0.444. The van der Waals surface area contributed by atoms with Gasteiger partial charge in [-0.1, -0.05) is 35.5 Å². The summed E-state index contributed by atoms with van der Waals surface area (Å²) in [6.07, 6.45) is 1.61.